The number of carbonyl (C=O) groups is 1. The summed E-state index contributed by atoms with van der Waals surface area (Å²) in [7, 11) is 0. The van der Waals surface area contributed by atoms with Crippen molar-refractivity contribution in [3.8, 4) is 5.75 Å². The second kappa shape index (κ2) is 7.30. The lowest BCUT2D eigenvalue weighted by atomic mass is 10.2. The molecule has 2 N–H and O–H groups in total. The molecule has 0 radical (unpaired) electrons. The fraction of sp³-hybridized carbons (Fsp3) is 0.0588. The number of amidine groups is 1. The number of rotatable bonds is 4. The number of thioether (sulfide) groups is 1. The molecule has 0 aliphatic carbocycles. The summed E-state index contributed by atoms with van der Waals surface area (Å²) < 4.78 is 5.71. The summed E-state index contributed by atoms with van der Waals surface area (Å²) in [5, 5.41) is 1.29. The van der Waals surface area contributed by atoms with Gasteiger partial charge >= 0.3 is 0 Å². The van der Waals surface area contributed by atoms with E-state index in [2.05, 4.69) is 4.99 Å². The minimum atomic E-state index is -0.308. The van der Waals surface area contributed by atoms with Crippen molar-refractivity contribution >= 4 is 52.1 Å². The van der Waals surface area contributed by atoms with Crippen molar-refractivity contribution < 1.29 is 9.53 Å². The number of halogens is 2. The zero-order valence-corrected chi connectivity index (χ0v) is 14.7. The molecule has 0 bridgehead atoms. The van der Waals surface area contributed by atoms with Gasteiger partial charge in [0.15, 0.2) is 5.17 Å². The second-order valence-electron chi connectivity index (χ2n) is 4.97. The maximum atomic E-state index is 11.6. The van der Waals surface area contributed by atoms with E-state index in [1.54, 1.807) is 18.2 Å². The first-order chi connectivity index (χ1) is 11.5. The van der Waals surface area contributed by atoms with E-state index >= 15 is 0 Å². The van der Waals surface area contributed by atoms with Gasteiger partial charge in [-0.25, -0.2) is 0 Å². The quantitative estimate of drug-likeness (QED) is 0.795. The monoisotopic (exact) mass is 378 g/mol. The van der Waals surface area contributed by atoms with Crippen LogP contribution in [0.15, 0.2) is 52.4 Å². The third-order valence-electron chi connectivity index (χ3n) is 3.20. The van der Waals surface area contributed by atoms with Gasteiger partial charge in [-0.2, -0.15) is 4.99 Å². The molecule has 0 spiro atoms. The van der Waals surface area contributed by atoms with Crippen molar-refractivity contribution in [1.82, 2.24) is 0 Å². The van der Waals surface area contributed by atoms with Crippen LogP contribution < -0.4 is 10.5 Å². The van der Waals surface area contributed by atoms with Crippen LogP contribution in [0.25, 0.3) is 6.08 Å². The Kier molecular flexibility index (Phi) is 5.14. The zero-order chi connectivity index (χ0) is 17.1. The Balaban J connectivity index is 1.63. The van der Waals surface area contributed by atoms with Crippen LogP contribution in [0.2, 0.25) is 10.0 Å². The molecule has 24 heavy (non-hydrogen) atoms. The van der Waals surface area contributed by atoms with Gasteiger partial charge in [0.05, 0.1) is 15.0 Å². The van der Waals surface area contributed by atoms with E-state index in [4.69, 9.17) is 33.7 Å². The predicted octanol–water partition coefficient (Wildman–Crippen LogP) is 4.50. The van der Waals surface area contributed by atoms with E-state index in [-0.39, 0.29) is 11.1 Å². The highest BCUT2D eigenvalue weighted by molar-refractivity contribution is 8.18. The first-order valence-corrected chi connectivity index (χ1v) is 8.53. The van der Waals surface area contributed by atoms with E-state index in [9.17, 15) is 4.79 Å². The summed E-state index contributed by atoms with van der Waals surface area (Å²) in [4.78, 5) is 15.7. The van der Waals surface area contributed by atoms with Gasteiger partial charge in [-0.1, -0.05) is 41.4 Å². The first kappa shape index (κ1) is 16.9. The zero-order valence-electron chi connectivity index (χ0n) is 12.3. The molecule has 0 atom stereocenters. The van der Waals surface area contributed by atoms with Gasteiger partial charge in [-0.15, -0.1) is 0 Å². The van der Waals surface area contributed by atoms with E-state index in [1.807, 2.05) is 30.3 Å². The Morgan fingerprint density at radius 2 is 1.88 bits per heavy atom. The third kappa shape index (κ3) is 4.12. The highest BCUT2D eigenvalue weighted by Crippen LogP contribution is 2.27. The number of nitrogens with two attached hydrogens (primary N) is 1. The molecule has 1 heterocycles. The maximum absolute atomic E-state index is 11.6. The summed E-state index contributed by atoms with van der Waals surface area (Å²) >= 11 is 13.0. The molecule has 7 heteroatoms. The summed E-state index contributed by atoms with van der Waals surface area (Å²) in [5.41, 5.74) is 7.32. The van der Waals surface area contributed by atoms with Crippen molar-refractivity contribution in [3.05, 3.63) is 68.5 Å². The van der Waals surface area contributed by atoms with Crippen molar-refractivity contribution in [2.24, 2.45) is 10.7 Å². The largest absolute Gasteiger partial charge is 0.489 e. The number of aliphatic imine (C=N–C) groups is 1. The number of benzene rings is 2. The van der Waals surface area contributed by atoms with Gasteiger partial charge in [-0.3, -0.25) is 4.79 Å². The van der Waals surface area contributed by atoms with Crippen LogP contribution in [0.5, 0.6) is 5.75 Å². The van der Waals surface area contributed by atoms with Crippen LogP contribution >= 0.6 is 35.0 Å². The predicted molar refractivity (Wildman–Crippen MR) is 99.4 cm³/mol. The molecule has 0 fully saturated rings. The topological polar surface area (TPSA) is 64.7 Å². The van der Waals surface area contributed by atoms with Crippen molar-refractivity contribution in [1.29, 1.82) is 0 Å². The van der Waals surface area contributed by atoms with Crippen LogP contribution in [-0.2, 0) is 11.4 Å². The van der Waals surface area contributed by atoms with Gasteiger partial charge in [0.2, 0.25) is 0 Å². The molecule has 4 nitrogen and oxygen atoms in total. The van der Waals surface area contributed by atoms with Gasteiger partial charge in [0.1, 0.15) is 12.4 Å². The highest BCUT2D eigenvalue weighted by atomic mass is 35.5. The molecule has 0 unspecified atom stereocenters. The Bertz CT molecular complexity index is 848. The smallest absolute Gasteiger partial charge is 0.286 e. The number of amides is 1. The fourth-order valence-electron chi connectivity index (χ4n) is 2.03. The standard InChI is InChI=1S/C17H12Cl2N2O2S/c18-13-6-3-11(7-14(13)19)9-23-12-4-1-10(2-5-12)8-15-16(22)21-17(20)24-15/h1-8H,9H2,(H2,20,21,22)/b15-8+. The molecule has 0 saturated heterocycles. The molecule has 0 saturated carbocycles. The normalized spacial score (nSPS) is 15.7. The summed E-state index contributed by atoms with van der Waals surface area (Å²) in [5.74, 6) is 0.404. The Labute approximate surface area is 153 Å². The van der Waals surface area contributed by atoms with Crippen LogP contribution in [0.4, 0.5) is 0 Å². The Hall–Kier alpha value is -1.95. The van der Waals surface area contributed by atoms with Gasteiger partial charge < -0.3 is 10.5 Å². The Morgan fingerprint density at radius 1 is 1.12 bits per heavy atom. The summed E-state index contributed by atoms with van der Waals surface area (Å²) in [6.45, 7) is 0.385. The molecule has 122 valence electrons. The fourth-order valence-corrected chi connectivity index (χ4v) is 3.04. The molecule has 2 aromatic carbocycles. The van der Waals surface area contributed by atoms with Crippen LogP contribution in [0.1, 0.15) is 11.1 Å². The number of carbonyl (C=O) groups excluding carboxylic acids is 1. The first-order valence-electron chi connectivity index (χ1n) is 6.96. The van der Waals surface area contributed by atoms with Crippen LogP contribution in [0.3, 0.4) is 0 Å². The van der Waals surface area contributed by atoms with Gasteiger partial charge in [0.25, 0.3) is 5.91 Å². The van der Waals surface area contributed by atoms with Crippen LogP contribution in [0, 0.1) is 0 Å². The average molecular weight is 379 g/mol. The molecule has 1 amide bonds. The minimum absolute atomic E-state index is 0.271. The molecule has 2 aromatic rings. The molecular weight excluding hydrogens is 367 g/mol. The molecule has 3 rings (SSSR count). The van der Waals surface area contributed by atoms with E-state index in [1.165, 1.54) is 11.8 Å². The SMILES string of the molecule is NC1=NC(=O)/C(=C\c2ccc(OCc3ccc(Cl)c(Cl)c3)cc2)S1. The molecule has 0 aromatic heterocycles. The second-order valence-corrected chi connectivity index (χ2v) is 6.85. The lowest BCUT2D eigenvalue weighted by Gasteiger charge is -2.07. The average Bonchev–Trinajstić information content (AvgIpc) is 2.87. The number of hydrogen-bond acceptors (Lipinski definition) is 4. The number of hydrogen-bond donors (Lipinski definition) is 1. The number of ether oxygens (including phenoxy) is 1. The van der Waals surface area contributed by atoms with Crippen molar-refractivity contribution in [2.75, 3.05) is 0 Å². The summed E-state index contributed by atoms with van der Waals surface area (Å²) in [6.07, 6.45) is 1.75. The molecular formula is C17H12Cl2N2O2S. The lowest BCUT2D eigenvalue weighted by Crippen LogP contribution is -2.01. The van der Waals surface area contributed by atoms with E-state index in [0.29, 0.717) is 27.3 Å². The molecule has 1 aliphatic heterocycles. The highest BCUT2D eigenvalue weighted by Gasteiger charge is 2.19. The van der Waals surface area contributed by atoms with Crippen molar-refractivity contribution in [2.45, 2.75) is 6.61 Å². The van der Waals surface area contributed by atoms with Crippen LogP contribution in [-0.4, -0.2) is 11.1 Å². The minimum Gasteiger partial charge on any atom is -0.489 e. The molecule has 1 aliphatic rings. The van der Waals surface area contributed by atoms with Gasteiger partial charge in [0, 0.05) is 0 Å². The summed E-state index contributed by atoms with van der Waals surface area (Å²) in [6, 6.07) is 12.8. The van der Waals surface area contributed by atoms with E-state index in [0.717, 1.165) is 11.1 Å². The maximum Gasteiger partial charge on any atom is 0.286 e. The van der Waals surface area contributed by atoms with Gasteiger partial charge in [-0.05, 0) is 53.2 Å². The third-order valence-corrected chi connectivity index (χ3v) is 4.76. The number of nitrogens with zero attached hydrogens (tertiary/aromatic N) is 1. The lowest BCUT2D eigenvalue weighted by molar-refractivity contribution is -0.113. The van der Waals surface area contributed by atoms with E-state index < -0.39 is 0 Å². The Morgan fingerprint density at radius 3 is 2.50 bits per heavy atom. The van der Waals surface area contributed by atoms with Crippen molar-refractivity contribution in [3.63, 3.8) is 0 Å².